The van der Waals surface area contributed by atoms with Crippen LogP contribution >= 0.6 is 12.2 Å². The number of benzene rings is 2. The van der Waals surface area contributed by atoms with Gasteiger partial charge in [-0.25, -0.2) is 0 Å². The van der Waals surface area contributed by atoms with Gasteiger partial charge in [0.05, 0.1) is 27.7 Å². The maximum atomic E-state index is 5.96. The molecule has 0 radical (unpaired) electrons. The molecule has 0 heterocycles. The van der Waals surface area contributed by atoms with Crippen molar-refractivity contribution < 1.29 is 14.4 Å². The molecule has 156 valence electrons. The van der Waals surface area contributed by atoms with Crippen molar-refractivity contribution in [2.75, 3.05) is 27.7 Å². The zero-order valence-electron chi connectivity index (χ0n) is 17.8. The van der Waals surface area contributed by atoms with Gasteiger partial charge in [0.15, 0.2) is 11.5 Å². The van der Waals surface area contributed by atoms with E-state index in [0.29, 0.717) is 12.4 Å². The Kier molecular flexibility index (Phi) is 7.51. The van der Waals surface area contributed by atoms with Gasteiger partial charge in [0.25, 0.3) is 0 Å². The maximum Gasteiger partial charge on any atom is 0.161 e. The van der Waals surface area contributed by atoms with Crippen molar-refractivity contribution in [1.82, 2.24) is 5.32 Å². The van der Waals surface area contributed by atoms with E-state index in [1.54, 1.807) is 7.11 Å². The standard InChI is InChI=1S/C24H32N2O2S/c1-26(2)24(14-8-5-9-15-24)18-25-23(29)20-12-13-21(22(16-20)27-3)28-17-19-10-6-4-7-11-19/h4,6-7,10-13,16H,5,8-9,14-15,17-18H2,1-3H3,(H,25,29)/p+1. The summed E-state index contributed by atoms with van der Waals surface area (Å²) in [5.74, 6) is 1.43. The highest BCUT2D eigenvalue weighted by Crippen LogP contribution is 2.29. The number of hydrogen-bond acceptors (Lipinski definition) is 3. The van der Waals surface area contributed by atoms with Crippen LogP contribution in [0.25, 0.3) is 0 Å². The first kappa shape index (κ1) is 21.6. The highest BCUT2D eigenvalue weighted by Gasteiger charge is 2.38. The predicted octanol–water partition coefficient (Wildman–Crippen LogP) is 3.39. The molecule has 1 aliphatic carbocycles. The van der Waals surface area contributed by atoms with Gasteiger partial charge in [-0.3, -0.25) is 0 Å². The minimum absolute atomic E-state index is 0.269. The summed E-state index contributed by atoms with van der Waals surface area (Å²) in [5.41, 5.74) is 2.36. The number of hydrogen-bond donors (Lipinski definition) is 2. The Balaban J connectivity index is 1.64. The van der Waals surface area contributed by atoms with E-state index < -0.39 is 0 Å². The smallest absolute Gasteiger partial charge is 0.161 e. The van der Waals surface area contributed by atoms with Crippen LogP contribution in [0.1, 0.15) is 43.2 Å². The van der Waals surface area contributed by atoms with E-state index in [1.807, 2.05) is 48.5 Å². The molecular weight excluding hydrogens is 380 g/mol. The summed E-state index contributed by atoms with van der Waals surface area (Å²) < 4.78 is 11.5. The van der Waals surface area contributed by atoms with Crippen LogP contribution in [0.5, 0.6) is 11.5 Å². The molecule has 2 aromatic carbocycles. The Labute approximate surface area is 180 Å². The number of methoxy groups -OCH3 is 1. The zero-order valence-corrected chi connectivity index (χ0v) is 18.6. The lowest BCUT2D eigenvalue weighted by Crippen LogP contribution is -3.16. The lowest BCUT2D eigenvalue weighted by molar-refractivity contribution is -0.916. The fourth-order valence-corrected chi connectivity index (χ4v) is 4.30. The molecule has 0 bridgehead atoms. The molecule has 0 spiro atoms. The molecule has 1 fully saturated rings. The first-order valence-electron chi connectivity index (χ1n) is 10.5. The minimum Gasteiger partial charge on any atom is -0.493 e. The van der Waals surface area contributed by atoms with Crippen LogP contribution in [0.15, 0.2) is 48.5 Å². The van der Waals surface area contributed by atoms with Crippen LogP contribution in [0.3, 0.4) is 0 Å². The minimum atomic E-state index is 0.269. The molecule has 0 aromatic heterocycles. The second-order valence-electron chi connectivity index (χ2n) is 8.16. The van der Waals surface area contributed by atoms with Crippen LogP contribution in [-0.2, 0) is 6.61 Å². The molecule has 1 saturated carbocycles. The largest absolute Gasteiger partial charge is 0.493 e. The number of quaternary nitrogens is 1. The Hall–Kier alpha value is -2.11. The molecule has 0 atom stereocenters. The van der Waals surface area contributed by atoms with Gasteiger partial charge in [-0.05, 0) is 36.6 Å². The summed E-state index contributed by atoms with van der Waals surface area (Å²) in [4.78, 5) is 2.28. The van der Waals surface area contributed by atoms with Crippen molar-refractivity contribution in [3.63, 3.8) is 0 Å². The summed E-state index contributed by atoms with van der Waals surface area (Å²) in [6.45, 7) is 1.41. The van der Waals surface area contributed by atoms with Gasteiger partial charge in [-0.1, -0.05) is 49.0 Å². The van der Waals surface area contributed by atoms with E-state index in [1.165, 1.54) is 37.0 Å². The average Bonchev–Trinajstić information content (AvgIpc) is 2.77. The number of nitrogens with one attached hydrogen (secondary N) is 2. The predicted molar refractivity (Wildman–Crippen MR) is 122 cm³/mol. The third-order valence-electron chi connectivity index (χ3n) is 6.12. The normalized spacial score (nSPS) is 15.7. The van der Waals surface area contributed by atoms with Gasteiger partial charge >= 0.3 is 0 Å². The highest BCUT2D eigenvalue weighted by molar-refractivity contribution is 7.80. The van der Waals surface area contributed by atoms with Crippen molar-refractivity contribution in [2.24, 2.45) is 0 Å². The van der Waals surface area contributed by atoms with Gasteiger partial charge in [0, 0.05) is 18.4 Å². The molecule has 2 aromatic rings. The van der Waals surface area contributed by atoms with Crippen LogP contribution in [-0.4, -0.2) is 38.3 Å². The van der Waals surface area contributed by atoms with Crippen LogP contribution in [0, 0.1) is 0 Å². The van der Waals surface area contributed by atoms with E-state index >= 15 is 0 Å². The number of rotatable bonds is 8. The number of ether oxygens (including phenoxy) is 2. The molecule has 2 N–H and O–H groups in total. The summed E-state index contributed by atoms with van der Waals surface area (Å²) in [7, 11) is 6.19. The highest BCUT2D eigenvalue weighted by atomic mass is 32.1. The first-order chi connectivity index (χ1) is 14.0. The van der Waals surface area contributed by atoms with Gasteiger partial charge < -0.3 is 19.7 Å². The maximum absolute atomic E-state index is 5.96. The van der Waals surface area contributed by atoms with Gasteiger partial charge in [0.1, 0.15) is 17.1 Å². The van der Waals surface area contributed by atoms with E-state index in [-0.39, 0.29) is 5.54 Å². The van der Waals surface area contributed by atoms with Crippen molar-refractivity contribution in [2.45, 2.75) is 44.2 Å². The van der Waals surface area contributed by atoms with Crippen molar-refractivity contribution >= 4 is 17.2 Å². The van der Waals surface area contributed by atoms with Gasteiger partial charge in [0.2, 0.25) is 0 Å². The summed E-state index contributed by atoms with van der Waals surface area (Å²) >= 11 is 5.70. The van der Waals surface area contributed by atoms with Crippen LogP contribution < -0.4 is 19.7 Å². The molecule has 0 aliphatic heterocycles. The van der Waals surface area contributed by atoms with E-state index in [9.17, 15) is 0 Å². The summed E-state index contributed by atoms with van der Waals surface area (Å²) in [6, 6.07) is 16.0. The Morgan fingerprint density at radius 2 is 1.76 bits per heavy atom. The fourth-order valence-electron chi connectivity index (χ4n) is 4.10. The monoisotopic (exact) mass is 413 g/mol. The number of likely N-dealkylation sites (N-methyl/N-ethyl adjacent to an activating group) is 1. The number of thiocarbonyl (C=S) groups is 1. The van der Waals surface area contributed by atoms with Crippen molar-refractivity contribution in [3.8, 4) is 11.5 Å². The second kappa shape index (κ2) is 10.1. The SMILES string of the molecule is COc1cc(C(=S)NCC2([NH+](C)C)CCCCC2)ccc1OCc1ccccc1. The second-order valence-corrected chi connectivity index (χ2v) is 8.57. The van der Waals surface area contributed by atoms with Crippen molar-refractivity contribution in [3.05, 3.63) is 59.7 Å². The molecule has 3 rings (SSSR count). The Bertz CT molecular complexity index is 802. The molecule has 0 saturated heterocycles. The molecule has 0 unspecified atom stereocenters. The molecule has 5 heteroatoms. The third kappa shape index (κ3) is 5.49. The molecule has 4 nitrogen and oxygen atoms in total. The van der Waals surface area contributed by atoms with Crippen molar-refractivity contribution in [1.29, 1.82) is 0 Å². The molecule has 0 amide bonds. The quantitative estimate of drug-likeness (QED) is 0.651. The van der Waals surface area contributed by atoms with E-state index in [0.717, 1.165) is 28.4 Å². The average molecular weight is 414 g/mol. The first-order valence-corrected chi connectivity index (χ1v) is 10.9. The summed E-state index contributed by atoms with van der Waals surface area (Å²) in [6.07, 6.45) is 6.46. The molecule has 1 aliphatic rings. The van der Waals surface area contributed by atoms with Gasteiger partial charge in [-0.15, -0.1) is 0 Å². The third-order valence-corrected chi connectivity index (χ3v) is 6.50. The molecule has 29 heavy (non-hydrogen) atoms. The lowest BCUT2D eigenvalue weighted by Gasteiger charge is -2.40. The van der Waals surface area contributed by atoms with E-state index in [4.69, 9.17) is 21.7 Å². The van der Waals surface area contributed by atoms with Gasteiger partial charge in [-0.2, -0.15) is 0 Å². The Morgan fingerprint density at radius 3 is 2.41 bits per heavy atom. The van der Waals surface area contributed by atoms with E-state index in [2.05, 4.69) is 19.4 Å². The summed E-state index contributed by atoms with van der Waals surface area (Å²) in [5, 5.41) is 3.53. The van der Waals surface area contributed by atoms with Crippen LogP contribution in [0.4, 0.5) is 0 Å². The fraction of sp³-hybridized carbons (Fsp3) is 0.458. The Morgan fingerprint density at radius 1 is 1.03 bits per heavy atom. The molecular formula is C24H33N2O2S+. The zero-order chi connectivity index (χ0) is 20.7. The topological polar surface area (TPSA) is 34.9 Å². The lowest BCUT2D eigenvalue weighted by atomic mass is 9.80. The van der Waals surface area contributed by atoms with Crippen LogP contribution in [0.2, 0.25) is 0 Å².